The van der Waals surface area contributed by atoms with Crippen molar-refractivity contribution in [3.8, 4) is 11.4 Å². The minimum atomic E-state index is -0.225. The molecule has 4 nitrogen and oxygen atoms in total. The summed E-state index contributed by atoms with van der Waals surface area (Å²) in [5, 5.41) is 3.47. The third-order valence-corrected chi connectivity index (χ3v) is 4.46. The molecular formula is C22H16ClN3O. The number of amides is 1. The molecule has 1 amide bonds. The fourth-order valence-electron chi connectivity index (χ4n) is 2.79. The highest BCUT2D eigenvalue weighted by Crippen LogP contribution is 2.23. The standard InChI is InChI=1S/C22H16ClN3O/c23-18-9-2-1-6-15(18)12-13-21(27)24-17-8-5-7-16(14-17)22-25-19-10-3-4-11-20(19)26-22/h1-14H,(H,24,27)(H,25,26). The summed E-state index contributed by atoms with van der Waals surface area (Å²) in [4.78, 5) is 20.1. The number of imidazole rings is 1. The third kappa shape index (κ3) is 3.91. The fourth-order valence-corrected chi connectivity index (χ4v) is 2.99. The molecule has 0 fully saturated rings. The smallest absolute Gasteiger partial charge is 0.248 e. The zero-order chi connectivity index (χ0) is 18.6. The lowest BCUT2D eigenvalue weighted by Crippen LogP contribution is -2.07. The van der Waals surface area contributed by atoms with Crippen LogP contribution in [0, 0.1) is 0 Å². The average Bonchev–Trinajstić information content (AvgIpc) is 3.12. The summed E-state index contributed by atoms with van der Waals surface area (Å²) in [6.07, 6.45) is 3.16. The van der Waals surface area contributed by atoms with E-state index in [1.807, 2.05) is 66.7 Å². The van der Waals surface area contributed by atoms with Gasteiger partial charge in [-0.1, -0.05) is 54.1 Å². The van der Waals surface area contributed by atoms with Crippen LogP contribution in [0.15, 0.2) is 78.9 Å². The molecule has 0 spiro atoms. The lowest BCUT2D eigenvalue weighted by atomic mass is 10.2. The van der Waals surface area contributed by atoms with Crippen LogP contribution in [0.2, 0.25) is 5.02 Å². The van der Waals surface area contributed by atoms with Crippen molar-refractivity contribution in [1.29, 1.82) is 0 Å². The molecule has 0 aliphatic carbocycles. The molecule has 27 heavy (non-hydrogen) atoms. The first-order valence-corrected chi connectivity index (χ1v) is 8.86. The van der Waals surface area contributed by atoms with Crippen molar-refractivity contribution >= 4 is 40.3 Å². The number of halogens is 1. The molecule has 4 aromatic rings. The number of aromatic nitrogens is 2. The van der Waals surface area contributed by atoms with Crippen LogP contribution in [0.5, 0.6) is 0 Å². The lowest BCUT2D eigenvalue weighted by molar-refractivity contribution is -0.111. The van der Waals surface area contributed by atoms with Gasteiger partial charge in [0.1, 0.15) is 5.82 Å². The van der Waals surface area contributed by atoms with Gasteiger partial charge in [-0.2, -0.15) is 0 Å². The zero-order valence-corrected chi connectivity index (χ0v) is 15.1. The van der Waals surface area contributed by atoms with Crippen LogP contribution < -0.4 is 5.32 Å². The number of fused-ring (bicyclic) bond motifs is 1. The lowest BCUT2D eigenvalue weighted by Gasteiger charge is -2.04. The summed E-state index contributed by atoms with van der Waals surface area (Å²) in [5.74, 6) is 0.538. The van der Waals surface area contributed by atoms with Crippen LogP contribution in [0.25, 0.3) is 28.5 Å². The Kier molecular flexibility index (Phi) is 4.73. The maximum absolute atomic E-state index is 12.2. The summed E-state index contributed by atoms with van der Waals surface area (Å²) in [5.41, 5.74) is 4.28. The molecule has 1 heterocycles. The largest absolute Gasteiger partial charge is 0.338 e. The number of carbonyl (C=O) groups excluding carboxylic acids is 1. The molecule has 0 bridgehead atoms. The number of carbonyl (C=O) groups is 1. The van der Waals surface area contributed by atoms with Gasteiger partial charge in [0, 0.05) is 22.3 Å². The highest BCUT2D eigenvalue weighted by Gasteiger charge is 2.06. The first-order chi connectivity index (χ1) is 13.2. The van der Waals surface area contributed by atoms with Gasteiger partial charge in [0.15, 0.2) is 0 Å². The van der Waals surface area contributed by atoms with E-state index in [1.165, 1.54) is 6.08 Å². The Hall–Kier alpha value is -3.37. The molecule has 5 heteroatoms. The topological polar surface area (TPSA) is 57.8 Å². The SMILES string of the molecule is O=C(C=Cc1ccccc1Cl)Nc1cccc(-c2nc3ccccc3[nH]2)c1. The molecule has 0 unspecified atom stereocenters. The van der Waals surface area contributed by atoms with E-state index in [-0.39, 0.29) is 5.91 Å². The van der Waals surface area contributed by atoms with Crippen molar-refractivity contribution < 1.29 is 4.79 Å². The number of aromatic amines is 1. The number of benzene rings is 3. The number of para-hydroxylation sites is 2. The second-order valence-corrected chi connectivity index (χ2v) is 6.43. The number of hydrogen-bond donors (Lipinski definition) is 2. The molecular weight excluding hydrogens is 358 g/mol. The number of H-pyrrole nitrogens is 1. The highest BCUT2D eigenvalue weighted by molar-refractivity contribution is 6.32. The van der Waals surface area contributed by atoms with Gasteiger partial charge >= 0.3 is 0 Å². The fraction of sp³-hybridized carbons (Fsp3) is 0. The molecule has 2 N–H and O–H groups in total. The average molecular weight is 374 g/mol. The van der Waals surface area contributed by atoms with Crippen LogP contribution in [0.3, 0.4) is 0 Å². The Morgan fingerprint density at radius 1 is 1.00 bits per heavy atom. The van der Waals surface area contributed by atoms with Gasteiger partial charge in [-0.15, -0.1) is 0 Å². The van der Waals surface area contributed by atoms with E-state index in [0.29, 0.717) is 10.7 Å². The van der Waals surface area contributed by atoms with Crippen LogP contribution >= 0.6 is 11.6 Å². The maximum Gasteiger partial charge on any atom is 0.248 e. The predicted octanol–water partition coefficient (Wildman–Crippen LogP) is 5.54. The van der Waals surface area contributed by atoms with E-state index in [2.05, 4.69) is 15.3 Å². The third-order valence-electron chi connectivity index (χ3n) is 4.11. The molecule has 3 aromatic carbocycles. The summed E-state index contributed by atoms with van der Waals surface area (Å²) >= 11 is 6.10. The predicted molar refractivity (Wildman–Crippen MR) is 111 cm³/mol. The zero-order valence-electron chi connectivity index (χ0n) is 14.3. The Morgan fingerprint density at radius 3 is 2.67 bits per heavy atom. The van der Waals surface area contributed by atoms with Crippen molar-refractivity contribution in [3.63, 3.8) is 0 Å². The molecule has 132 valence electrons. The van der Waals surface area contributed by atoms with Gasteiger partial charge in [-0.3, -0.25) is 4.79 Å². The number of hydrogen-bond acceptors (Lipinski definition) is 2. The first kappa shape index (κ1) is 17.1. The number of rotatable bonds is 4. The second kappa shape index (κ2) is 7.48. The molecule has 0 aliphatic rings. The summed E-state index contributed by atoms with van der Waals surface area (Å²) < 4.78 is 0. The van der Waals surface area contributed by atoms with Gasteiger partial charge in [-0.25, -0.2) is 4.98 Å². The van der Waals surface area contributed by atoms with Gasteiger partial charge in [0.05, 0.1) is 11.0 Å². The molecule has 0 saturated heterocycles. The van der Waals surface area contributed by atoms with Crippen molar-refractivity contribution in [2.24, 2.45) is 0 Å². The van der Waals surface area contributed by atoms with Gasteiger partial charge in [-0.05, 0) is 42.0 Å². The molecule has 0 saturated carbocycles. The van der Waals surface area contributed by atoms with Gasteiger partial charge in [0.25, 0.3) is 0 Å². The number of anilines is 1. The Balaban J connectivity index is 1.52. The molecule has 4 rings (SSSR count). The number of nitrogens with zero attached hydrogens (tertiary/aromatic N) is 1. The van der Waals surface area contributed by atoms with Crippen LogP contribution in [0.4, 0.5) is 5.69 Å². The molecule has 0 atom stereocenters. The van der Waals surface area contributed by atoms with Gasteiger partial charge < -0.3 is 10.3 Å². The normalized spacial score (nSPS) is 11.1. The quantitative estimate of drug-likeness (QED) is 0.462. The Bertz CT molecular complexity index is 1110. The van der Waals surface area contributed by atoms with E-state index in [1.54, 1.807) is 12.1 Å². The summed E-state index contributed by atoms with van der Waals surface area (Å²) in [6, 6.07) is 22.8. The molecule has 1 aromatic heterocycles. The van der Waals surface area contributed by atoms with Gasteiger partial charge in [0.2, 0.25) is 5.91 Å². The Morgan fingerprint density at radius 2 is 1.81 bits per heavy atom. The van der Waals surface area contributed by atoms with Crippen LogP contribution in [0.1, 0.15) is 5.56 Å². The van der Waals surface area contributed by atoms with E-state index < -0.39 is 0 Å². The summed E-state index contributed by atoms with van der Waals surface area (Å²) in [6.45, 7) is 0. The maximum atomic E-state index is 12.2. The first-order valence-electron chi connectivity index (χ1n) is 8.48. The van der Waals surface area contributed by atoms with E-state index in [0.717, 1.165) is 28.0 Å². The van der Waals surface area contributed by atoms with Crippen molar-refractivity contribution in [2.45, 2.75) is 0 Å². The monoisotopic (exact) mass is 373 g/mol. The van der Waals surface area contributed by atoms with E-state index >= 15 is 0 Å². The molecule has 0 aliphatic heterocycles. The van der Waals surface area contributed by atoms with E-state index in [4.69, 9.17) is 11.6 Å². The van der Waals surface area contributed by atoms with E-state index in [9.17, 15) is 4.79 Å². The second-order valence-electron chi connectivity index (χ2n) is 6.03. The van der Waals surface area contributed by atoms with Crippen LogP contribution in [-0.2, 0) is 4.79 Å². The molecule has 0 radical (unpaired) electrons. The van der Waals surface area contributed by atoms with Crippen LogP contribution in [-0.4, -0.2) is 15.9 Å². The minimum Gasteiger partial charge on any atom is -0.338 e. The van der Waals surface area contributed by atoms with Crippen molar-refractivity contribution in [1.82, 2.24) is 9.97 Å². The van der Waals surface area contributed by atoms with Crippen molar-refractivity contribution in [2.75, 3.05) is 5.32 Å². The summed E-state index contributed by atoms with van der Waals surface area (Å²) in [7, 11) is 0. The van der Waals surface area contributed by atoms with Crippen molar-refractivity contribution in [3.05, 3.63) is 89.5 Å². The highest BCUT2D eigenvalue weighted by atomic mass is 35.5. The number of nitrogens with one attached hydrogen (secondary N) is 2. The Labute approximate surface area is 161 Å². The minimum absolute atomic E-state index is 0.225.